The van der Waals surface area contributed by atoms with E-state index in [2.05, 4.69) is 0 Å². The maximum atomic E-state index is 9.89. The second kappa shape index (κ2) is 4.56. The van der Waals surface area contributed by atoms with Gasteiger partial charge in [0.25, 0.3) is 0 Å². The summed E-state index contributed by atoms with van der Waals surface area (Å²) in [5, 5.41) is 0.788. The van der Waals surface area contributed by atoms with Crippen LogP contribution in [-0.2, 0) is 4.79 Å². The first-order chi connectivity index (χ1) is 4.93. The highest BCUT2D eigenvalue weighted by molar-refractivity contribution is 8.00. The molecular formula is C8H12OS. The standard InChI is InChI=1S/C8H12OS/c9-6-2-1-4-8-5-3-7-10-8/h1-2,6,8H,3-5,7H2/b2-1-. The third-order valence-electron chi connectivity index (χ3n) is 1.64. The molecule has 1 unspecified atom stereocenters. The number of carbonyl (C=O) groups excluding carboxylic acids is 1. The van der Waals surface area contributed by atoms with E-state index < -0.39 is 0 Å². The van der Waals surface area contributed by atoms with E-state index in [1.807, 2.05) is 17.8 Å². The molecule has 1 atom stereocenters. The molecule has 10 heavy (non-hydrogen) atoms. The molecule has 2 heteroatoms. The van der Waals surface area contributed by atoms with Gasteiger partial charge in [0.1, 0.15) is 6.29 Å². The van der Waals surface area contributed by atoms with E-state index in [0.29, 0.717) is 0 Å². The lowest BCUT2D eigenvalue weighted by Crippen LogP contribution is -1.92. The normalized spacial score (nSPS) is 25.8. The zero-order valence-electron chi connectivity index (χ0n) is 5.95. The van der Waals surface area contributed by atoms with Crippen molar-refractivity contribution in [1.82, 2.24) is 0 Å². The average molecular weight is 156 g/mol. The van der Waals surface area contributed by atoms with Crippen LogP contribution in [-0.4, -0.2) is 17.3 Å². The maximum absolute atomic E-state index is 9.89. The van der Waals surface area contributed by atoms with E-state index in [1.54, 1.807) is 6.08 Å². The van der Waals surface area contributed by atoms with Crippen LogP contribution < -0.4 is 0 Å². The SMILES string of the molecule is O=C/C=C\CC1CCCS1. The van der Waals surface area contributed by atoms with E-state index in [9.17, 15) is 4.79 Å². The van der Waals surface area contributed by atoms with Gasteiger partial charge in [0.2, 0.25) is 0 Å². The van der Waals surface area contributed by atoms with Crippen LogP contribution >= 0.6 is 11.8 Å². The lowest BCUT2D eigenvalue weighted by Gasteiger charge is -2.01. The summed E-state index contributed by atoms with van der Waals surface area (Å²) in [6.45, 7) is 0. The Morgan fingerprint density at radius 2 is 2.50 bits per heavy atom. The molecule has 0 aliphatic carbocycles. The fraction of sp³-hybridized carbons (Fsp3) is 0.625. The highest BCUT2D eigenvalue weighted by Crippen LogP contribution is 2.28. The first-order valence-corrected chi connectivity index (χ1v) is 4.70. The number of allylic oxidation sites excluding steroid dienone is 2. The summed E-state index contributed by atoms with van der Waals surface area (Å²) in [5.41, 5.74) is 0. The molecule has 1 nitrogen and oxygen atoms in total. The molecule has 0 aromatic carbocycles. The molecule has 0 bridgehead atoms. The molecule has 1 saturated heterocycles. The van der Waals surface area contributed by atoms with Crippen LogP contribution in [0.3, 0.4) is 0 Å². The van der Waals surface area contributed by atoms with Gasteiger partial charge in [-0.25, -0.2) is 0 Å². The van der Waals surface area contributed by atoms with Gasteiger partial charge in [0.15, 0.2) is 0 Å². The molecule has 1 fully saturated rings. The minimum absolute atomic E-state index is 0.788. The summed E-state index contributed by atoms with van der Waals surface area (Å²) in [4.78, 5) is 9.89. The fourth-order valence-electron chi connectivity index (χ4n) is 1.12. The molecule has 0 aromatic heterocycles. The highest BCUT2D eigenvalue weighted by Gasteiger charge is 2.12. The van der Waals surface area contributed by atoms with Crippen LogP contribution in [0.25, 0.3) is 0 Å². The summed E-state index contributed by atoms with van der Waals surface area (Å²) in [6, 6.07) is 0. The molecule has 0 aromatic rings. The van der Waals surface area contributed by atoms with Gasteiger partial charge in [0.05, 0.1) is 0 Å². The second-order valence-electron chi connectivity index (χ2n) is 2.43. The topological polar surface area (TPSA) is 17.1 Å². The zero-order valence-corrected chi connectivity index (χ0v) is 6.77. The van der Waals surface area contributed by atoms with Crippen molar-refractivity contribution < 1.29 is 4.79 Å². The van der Waals surface area contributed by atoms with Crippen LogP contribution in [0.2, 0.25) is 0 Å². The largest absolute Gasteiger partial charge is 0.299 e. The van der Waals surface area contributed by atoms with E-state index in [0.717, 1.165) is 18.0 Å². The van der Waals surface area contributed by atoms with Crippen LogP contribution in [0.4, 0.5) is 0 Å². The van der Waals surface area contributed by atoms with Crippen LogP contribution in [0.15, 0.2) is 12.2 Å². The Kier molecular flexibility index (Phi) is 3.58. The Bertz CT molecular complexity index is 125. The van der Waals surface area contributed by atoms with Crippen molar-refractivity contribution in [3.05, 3.63) is 12.2 Å². The fourth-order valence-corrected chi connectivity index (χ4v) is 2.36. The van der Waals surface area contributed by atoms with Gasteiger partial charge < -0.3 is 0 Å². The summed E-state index contributed by atoms with van der Waals surface area (Å²) in [6.07, 6.45) is 8.16. The molecule has 0 saturated carbocycles. The minimum Gasteiger partial charge on any atom is -0.299 e. The van der Waals surface area contributed by atoms with Crippen LogP contribution in [0.1, 0.15) is 19.3 Å². The number of rotatable bonds is 3. The van der Waals surface area contributed by atoms with Gasteiger partial charge in [0, 0.05) is 5.25 Å². The van der Waals surface area contributed by atoms with E-state index in [-0.39, 0.29) is 0 Å². The molecular weight excluding hydrogens is 144 g/mol. The monoisotopic (exact) mass is 156 g/mol. The summed E-state index contributed by atoms with van der Waals surface area (Å²) in [7, 11) is 0. The lowest BCUT2D eigenvalue weighted by molar-refractivity contribution is -0.104. The van der Waals surface area contributed by atoms with Gasteiger partial charge in [-0.3, -0.25) is 4.79 Å². The Labute approximate surface area is 65.9 Å². The first kappa shape index (κ1) is 7.86. The van der Waals surface area contributed by atoms with Crippen molar-refractivity contribution >= 4 is 18.0 Å². The predicted octanol–water partition coefficient (Wildman–Crippen LogP) is 2.03. The number of carbonyl (C=O) groups is 1. The highest BCUT2D eigenvalue weighted by atomic mass is 32.2. The van der Waals surface area contributed by atoms with Crippen molar-refractivity contribution in [2.45, 2.75) is 24.5 Å². The number of aldehydes is 1. The lowest BCUT2D eigenvalue weighted by atomic mass is 10.2. The van der Waals surface area contributed by atoms with E-state index >= 15 is 0 Å². The Balaban J connectivity index is 2.12. The molecule has 1 aliphatic heterocycles. The second-order valence-corrected chi connectivity index (χ2v) is 3.84. The molecule has 56 valence electrons. The number of thioether (sulfide) groups is 1. The summed E-state index contributed by atoms with van der Waals surface area (Å²) in [5.74, 6) is 1.31. The molecule has 0 N–H and O–H groups in total. The number of hydrogen-bond donors (Lipinski definition) is 0. The van der Waals surface area contributed by atoms with Gasteiger partial charge in [-0.1, -0.05) is 6.08 Å². The van der Waals surface area contributed by atoms with Gasteiger partial charge >= 0.3 is 0 Å². The molecule has 0 spiro atoms. The van der Waals surface area contributed by atoms with Crippen molar-refractivity contribution in [1.29, 1.82) is 0 Å². The third kappa shape index (κ3) is 2.56. The van der Waals surface area contributed by atoms with Gasteiger partial charge in [-0.15, -0.1) is 0 Å². The molecule has 0 amide bonds. The Morgan fingerprint density at radius 3 is 3.10 bits per heavy atom. The molecule has 1 aliphatic rings. The predicted molar refractivity (Wildman–Crippen MR) is 45.3 cm³/mol. The van der Waals surface area contributed by atoms with E-state index in [1.165, 1.54) is 18.6 Å². The third-order valence-corrected chi connectivity index (χ3v) is 3.06. The minimum atomic E-state index is 0.788. The quantitative estimate of drug-likeness (QED) is 0.459. The smallest absolute Gasteiger partial charge is 0.142 e. The zero-order chi connectivity index (χ0) is 7.23. The summed E-state index contributed by atoms with van der Waals surface area (Å²) >= 11 is 2.03. The Morgan fingerprint density at radius 1 is 1.60 bits per heavy atom. The average Bonchev–Trinajstić information content (AvgIpc) is 2.41. The van der Waals surface area contributed by atoms with Crippen molar-refractivity contribution in [3.8, 4) is 0 Å². The maximum Gasteiger partial charge on any atom is 0.142 e. The van der Waals surface area contributed by atoms with Crippen molar-refractivity contribution in [2.24, 2.45) is 0 Å². The van der Waals surface area contributed by atoms with Crippen LogP contribution in [0.5, 0.6) is 0 Å². The molecule has 1 rings (SSSR count). The Hall–Kier alpha value is -0.240. The number of hydrogen-bond acceptors (Lipinski definition) is 2. The van der Waals surface area contributed by atoms with Crippen molar-refractivity contribution in [2.75, 3.05) is 5.75 Å². The van der Waals surface area contributed by atoms with Gasteiger partial charge in [-0.2, -0.15) is 11.8 Å². The van der Waals surface area contributed by atoms with Crippen molar-refractivity contribution in [3.63, 3.8) is 0 Å². The molecule has 0 radical (unpaired) electrons. The van der Waals surface area contributed by atoms with E-state index in [4.69, 9.17) is 0 Å². The first-order valence-electron chi connectivity index (χ1n) is 3.65. The van der Waals surface area contributed by atoms with Crippen LogP contribution in [0, 0.1) is 0 Å². The molecule has 1 heterocycles. The van der Waals surface area contributed by atoms with Gasteiger partial charge in [-0.05, 0) is 31.1 Å². The summed E-state index contributed by atoms with van der Waals surface area (Å²) < 4.78 is 0.